The van der Waals surface area contributed by atoms with Crippen molar-refractivity contribution in [1.29, 1.82) is 0 Å². The third kappa shape index (κ3) is 3.41. The summed E-state index contributed by atoms with van der Waals surface area (Å²) in [4.78, 5) is 11.7. The Morgan fingerprint density at radius 2 is 1.93 bits per heavy atom. The van der Waals surface area contributed by atoms with Crippen molar-refractivity contribution in [2.45, 2.75) is 19.4 Å². The largest absolute Gasteiger partial charge is 0.336 e. The summed E-state index contributed by atoms with van der Waals surface area (Å²) >= 11 is 3.31. The molecule has 0 radical (unpaired) electrons. The Balaban J connectivity index is 2.79. The minimum atomic E-state index is -0.621. The van der Waals surface area contributed by atoms with Crippen molar-refractivity contribution in [2.24, 2.45) is 0 Å². The van der Waals surface area contributed by atoms with Gasteiger partial charge in [-0.05, 0) is 38.1 Å². The summed E-state index contributed by atoms with van der Waals surface area (Å²) < 4.78 is 0.940. The molecule has 0 unspecified atom stereocenters. The van der Waals surface area contributed by atoms with Crippen LogP contribution in [0.15, 0.2) is 28.7 Å². The molecule has 0 atom stereocenters. The lowest BCUT2D eigenvalue weighted by Crippen LogP contribution is -2.42. The zero-order valence-corrected chi connectivity index (χ0v) is 10.3. The molecule has 1 rings (SSSR count). The second kappa shape index (κ2) is 4.50. The van der Waals surface area contributed by atoms with Crippen molar-refractivity contribution in [1.82, 2.24) is 5.32 Å². The van der Waals surface area contributed by atoms with Crippen LogP contribution in [-0.4, -0.2) is 11.4 Å². The van der Waals surface area contributed by atoms with E-state index in [0.717, 1.165) is 4.47 Å². The van der Waals surface area contributed by atoms with Crippen molar-refractivity contribution in [3.8, 4) is 12.3 Å². The first-order valence-corrected chi connectivity index (χ1v) is 5.30. The highest BCUT2D eigenvalue weighted by molar-refractivity contribution is 9.10. The monoisotopic (exact) mass is 265 g/mol. The molecule has 2 nitrogen and oxygen atoms in total. The first-order chi connectivity index (χ1) is 6.94. The molecule has 1 amide bonds. The van der Waals surface area contributed by atoms with Crippen LogP contribution in [0.3, 0.4) is 0 Å². The maximum Gasteiger partial charge on any atom is 0.252 e. The van der Waals surface area contributed by atoms with Gasteiger partial charge in [-0.3, -0.25) is 4.79 Å². The Morgan fingerprint density at radius 1 is 1.40 bits per heavy atom. The number of amides is 1. The molecule has 0 aromatic heterocycles. The van der Waals surface area contributed by atoms with Gasteiger partial charge in [0.1, 0.15) is 0 Å². The number of hydrogen-bond acceptors (Lipinski definition) is 1. The molecule has 0 spiro atoms. The smallest absolute Gasteiger partial charge is 0.252 e. The van der Waals surface area contributed by atoms with Gasteiger partial charge < -0.3 is 5.32 Å². The highest BCUT2D eigenvalue weighted by Gasteiger charge is 2.17. The van der Waals surface area contributed by atoms with E-state index in [4.69, 9.17) is 6.42 Å². The summed E-state index contributed by atoms with van der Waals surface area (Å²) in [5.41, 5.74) is -0.0222. The molecule has 0 fully saturated rings. The van der Waals surface area contributed by atoms with Gasteiger partial charge in [0.2, 0.25) is 0 Å². The van der Waals surface area contributed by atoms with Crippen LogP contribution < -0.4 is 5.32 Å². The van der Waals surface area contributed by atoms with E-state index in [0.29, 0.717) is 5.56 Å². The lowest BCUT2D eigenvalue weighted by atomic mass is 10.1. The summed E-state index contributed by atoms with van der Waals surface area (Å²) in [6, 6.07) is 7.12. The third-order valence-corrected chi connectivity index (χ3v) is 2.42. The van der Waals surface area contributed by atoms with E-state index in [1.54, 1.807) is 26.0 Å². The number of carbonyl (C=O) groups excluding carboxylic acids is 1. The Kier molecular flexibility index (Phi) is 3.54. The van der Waals surface area contributed by atoms with Crippen molar-refractivity contribution < 1.29 is 4.79 Å². The van der Waals surface area contributed by atoms with E-state index in [1.807, 2.05) is 12.1 Å². The quantitative estimate of drug-likeness (QED) is 0.819. The Hall–Kier alpha value is -1.27. The van der Waals surface area contributed by atoms with Crippen LogP contribution in [0.1, 0.15) is 24.2 Å². The number of terminal acetylenes is 1. The molecule has 0 saturated heterocycles. The lowest BCUT2D eigenvalue weighted by Gasteiger charge is -2.19. The lowest BCUT2D eigenvalue weighted by molar-refractivity contribution is 0.0930. The fourth-order valence-electron chi connectivity index (χ4n) is 0.993. The minimum Gasteiger partial charge on any atom is -0.336 e. The summed E-state index contributed by atoms with van der Waals surface area (Å²) in [5, 5.41) is 2.75. The standard InChI is InChI=1S/C12H12BrNO/c1-4-12(2,3)14-11(15)9-5-7-10(13)8-6-9/h1,5-8H,2-3H3,(H,14,15). The Bertz CT molecular complexity index is 401. The van der Waals surface area contributed by atoms with Crippen LogP contribution in [0, 0.1) is 12.3 Å². The van der Waals surface area contributed by atoms with Gasteiger partial charge in [0.25, 0.3) is 5.91 Å². The van der Waals surface area contributed by atoms with Gasteiger partial charge in [-0.25, -0.2) is 0 Å². The van der Waals surface area contributed by atoms with Crippen molar-refractivity contribution in [3.63, 3.8) is 0 Å². The number of halogens is 1. The van der Waals surface area contributed by atoms with Crippen molar-refractivity contribution in [3.05, 3.63) is 34.3 Å². The van der Waals surface area contributed by atoms with Gasteiger partial charge in [-0.15, -0.1) is 6.42 Å². The normalized spacial score (nSPS) is 10.5. The van der Waals surface area contributed by atoms with Gasteiger partial charge in [0.15, 0.2) is 0 Å². The molecular formula is C12H12BrNO. The van der Waals surface area contributed by atoms with Crippen LogP contribution in [0.5, 0.6) is 0 Å². The molecule has 1 N–H and O–H groups in total. The van der Waals surface area contributed by atoms with E-state index in [1.165, 1.54) is 0 Å². The molecular weight excluding hydrogens is 254 g/mol. The highest BCUT2D eigenvalue weighted by atomic mass is 79.9. The maximum absolute atomic E-state index is 11.7. The Morgan fingerprint density at radius 3 is 2.40 bits per heavy atom. The van der Waals surface area contributed by atoms with E-state index < -0.39 is 5.54 Å². The molecule has 0 heterocycles. The SMILES string of the molecule is C#CC(C)(C)NC(=O)c1ccc(Br)cc1. The molecule has 0 aliphatic heterocycles. The first-order valence-electron chi connectivity index (χ1n) is 4.50. The molecule has 3 heteroatoms. The minimum absolute atomic E-state index is 0.162. The predicted molar refractivity (Wildman–Crippen MR) is 64.5 cm³/mol. The fraction of sp³-hybridized carbons (Fsp3) is 0.250. The Labute approximate surface area is 98.2 Å². The van der Waals surface area contributed by atoms with Crippen LogP contribution in [-0.2, 0) is 0 Å². The molecule has 0 bridgehead atoms. The van der Waals surface area contributed by atoms with Crippen LogP contribution in [0.4, 0.5) is 0 Å². The van der Waals surface area contributed by atoms with Crippen LogP contribution in [0.25, 0.3) is 0 Å². The van der Waals surface area contributed by atoms with Crippen molar-refractivity contribution >= 4 is 21.8 Å². The van der Waals surface area contributed by atoms with Gasteiger partial charge in [0.05, 0.1) is 5.54 Å². The number of rotatable bonds is 2. The topological polar surface area (TPSA) is 29.1 Å². The number of carbonyl (C=O) groups is 1. The second-order valence-corrected chi connectivity index (χ2v) is 4.65. The summed E-state index contributed by atoms with van der Waals surface area (Å²) in [6.07, 6.45) is 5.28. The molecule has 1 aromatic carbocycles. The zero-order chi connectivity index (χ0) is 11.5. The fourth-order valence-corrected chi connectivity index (χ4v) is 1.26. The average molecular weight is 266 g/mol. The van der Waals surface area contributed by atoms with E-state index in [9.17, 15) is 4.79 Å². The van der Waals surface area contributed by atoms with Gasteiger partial charge in [-0.2, -0.15) is 0 Å². The maximum atomic E-state index is 11.7. The van der Waals surface area contributed by atoms with E-state index >= 15 is 0 Å². The number of nitrogens with one attached hydrogen (secondary N) is 1. The van der Waals surface area contributed by atoms with E-state index in [2.05, 4.69) is 27.2 Å². The number of hydrogen-bond donors (Lipinski definition) is 1. The van der Waals surface area contributed by atoms with Crippen molar-refractivity contribution in [2.75, 3.05) is 0 Å². The summed E-state index contributed by atoms with van der Waals surface area (Å²) in [7, 11) is 0. The molecule has 1 aromatic rings. The molecule has 0 aliphatic rings. The summed E-state index contributed by atoms with van der Waals surface area (Å²) in [6.45, 7) is 3.56. The first kappa shape index (κ1) is 11.8. The van der Waals surface area contributed by atoms with Crippen LogP contribution in [0.2, 0.25) is 0 Å². The highest BCUT2D eigenvalue weighted by Crippen LogP contribution is 2.11. The average Bonchev–Trinajstić information content (AvgIpc) is 2.18. The molecule has 0 aliphatic carbocycles. The van der Waals surface area contributed by atoms with Crippen LogP contribution >= 0.6 is 15.9 Å². The molecule has 0 saturated carbocycles. The predicted octanol–water partition coefficient (Wildman–Crippen LogP) is 2.59. The summed E-state index contributed by atoms with van der Waals surface area (Å²) in [5.74, 6) is 2.35. The third-order valence-electron chi connectivity index (χ3n) is 1.89. The van der Waals surface area contributed by atoms with Gasteiger partial charge >= 0.3 is 0 Å². The van der Waals surface area contributed by atoms with Gasteiger partial charge in [-0.1, -0.05) is 21.9 Å². The van der Waals surface area contributed by atoms with E-state index in [-0.39, 0.29) is 5.91 Å². The second-order valence-electron chi connectivity index (χ2n) is 3.73. The number of benzene rings is 1. The zero-order valence-electron chi connectivity index (χ0n) is 8.67. The molecule has 15 heavy (non-hydrogen) atoms. The van der Waals surface area contributed by atoms with Gasteiger partial charge in [0, 0.05) is 10.0 Å². The molecule has 78 valence electrons.